The number of hydrogen-bond acceptors (Lipinski definition) is 5. The predicted molar refractivity (Wildman–Crippen MR) is 102 cm³/mol. The number of amides is 1. The lowest BCUT2D eigenvalue weighted by atomic mass is 10.1. The number of rotatable bonds is 6. The van der Waals surface area contributed by atoms with Crippen LogP contribution in [0.2, 0.25) is 0 Å². The van der Waals surface area contributed by atoms with Crippen LogP contribution in [0, 0.1) is 0 Å². The fraction of sp³-hybridized carbons (Fsp3) is 0.150. The predicted octanol–water partition coefficient (Wildman–Crippen LogP) is 2.57. The van der Waals surface area contributed by atoms with Crippen molar-refractivity contribution in [3.05, 3.63) is 71.0 Å². The second-order valence-corrected chi connectivity index (χ2v) is 5.73. The van der Waals surface area contributed by atoms with E-state index in [1.165, 1.54) is 6.07 Å². The van der Waals surface area contributed by atoms with E-state index in [2.05, 4.69) is 10.4 Å². The van der Waals surface area contributed by atoms with Gasteiger partial charge in [0.25, 0.3) is 5.56 Å². The molecule has 138 valence electrons. The average Bonchev–Trinajstić information content (AvgIpc) is 2.69. The fourth-order valence-corrected chi connectivity index (χ4v) is 2.54. The summed E-state index contributed by atoms with van der Waals surface area (Å²) in [4.78, 5) is 24.4. The van der Waals surface area contributed by atoms with Gasteiger partial charge in [0.15, 0.2) is 0 Å². The third-order valence-corrected chi connectivity index (χ3v) is 3.88. The lowest BCUT2D eigenvalue weighted by molar-refractivity contribution is -0.117. The molecule has 0 aliphatic carbocycles. The number of carbonyl (C=O) groups excluding carboxylic acids is 1. The summed E-state index contributed by atoms with van der Waals surface area (Å²) >= 11 is 0. The molecule has 0 spiro atoms. The second-order valence-electron chi connectivity index (χ2n) is 5.73. The number of anilines is 1. The van der Waals surface area contributed by atoms with Crippen LogP contribution in [0.15, 0.2) is 65.5 Å². The van der Waals surface area contributed by atoms with Crippen molar-refractivity contribution in [2.75, 3.05) is 19.5 Å². The first-order valence-electron chi connectivity index (χ1n) is 8.25. The molecule has 2 aromatic carbocycles. The van der Waals surface area contributed by atoms with Crippen molar-refractivity contribution in [2.45, 2.75) is 6.54 Å². The highest BCUT2D eigenvalue weighted by molar-refractivity contribution is 5.90. The minimum atomic E-state index is -0.361. The summed E-state index contributed by atoms with van der Waals surface area (Å²) < 4.78 is 11.5. The van der Waals surface area contributed by atoms with E-state index in [0.29, 0.717) is 22.9 Å². The molecule has 0 bridgehead atoms. The van der Waals surface area contributed by atoms with Crippen molar-refractivity contribution in [3.8, 4) is 22.8 Å². The molecule has 7 nitrogen and oxygen atoms in total. The van der Waals surface area contributed by atoms with Crippen molar-refractivity contribution in [3.63, 3.8) is 0 Å². The van der Waals surface area contributed by atoms with Gasteiger partial charge >= 0.3 is 0 Å². The Kier molecular flexibility index (Phi) is 5.51. The molecule has 1 amide bonds. The molecule has 1 aromatic heterocycles. The minimum absolute atomic E-state index is 0.201. The van der Waals surface area contributed by atoms with E-state index < -0.39 is 0 Å². The Morgan fingerprint density at radius 2 is 1.70 bits per heavy atom. The summed E-state index contributed by atoms with van der Waals surface area (Å²) in [5.74, 6) is 0.951. The molecule has 1 N–H and O–H groups in total. The second kappa shape index (κ2) is 8.18. The number of carbonyl (C=O) groups is 1. The molecule has 0 saturated carbocycles. The van der Waals surface area contributed by atoms with E-state index in [-0.39, 0.29) is 18.0 Å². The summed E-state index contributed by atoms with van der Waals surface area (Å²) in [6.07, 6.45) is 0. The maximum absolute atomic E-state index is 12.3. The highest BCUT2D eigenvalue weighted by atomic mass is 16.5. The molecule has 0 radical (unpaired) electrons. The van der Waals surface area contributed by atoms with Gasteiger partial charge in [-0.2, -0.15) is 5.10 Å². The van der Waals surface area contributed by atoms with Gasteiger partial charge in [-0.1, -0.05) is 18.2 Å². The van der Waals surface area contributed by atoms with Crippen molar-refractivity contribution in [1.29, 1.82) is 0 Å². The van der Waals surface area contributed by atoms with Gasteiger partial charge in [-0.15, -0.1) is 0 Å². The Hall–Kier alpha value is -3.61. The van der Waals surface area contributed by atoms with E-state index in [0.717, 1.165) is 10.2 Å². The van der Waals surface area contributed by atoms with Gasteiger partial charge < -0.3 is 14.8 Å². The number of nitrogens with one attached hydrogen (secondary N) is 1. The third-order valence-electron chi connectivity index (χ3n) is 3.88. The van der Waals surface area contributed by atoms with Gasteiger partial charge in [0.1, 0.15) is 18.0 Å². The van der Waals surface area contributed by atoms with Crippen LogP contribution in [-0.4, -0.2) is 29.9 Å². The van der Waals surface area contributed by atoms with Crippen LogP contribution in [0.3, 0.4) is 0 Å². The first-order valence-corrected chi connectivity index (χ1v) is 8.25. The van der Waals surface area contributed by atoms with Crippen LogP contribution in [0.4, 0.5) is 5.69 Å². The first kappa shape index (κ1) is 18.2. The molecule has 0 aliphatic heterocycles. The van der Waals surface area contributed by atoms with Crippen LogP contribution in [-0.2, 0) is 11.3 Å². The molecular weight excluding hydrogens is 346 g/mol. The minimum Gasteiger partial charge on any atom is -0.497 e. The van der Waals surface area contributed by atoms with Gasteiger partial charge in [-0.3, -0.25) is 9.59 Å². The summed E-state index contributed by atoms with van der Waals surface area (Å²) in [6.45, 7) is -0.201. The normalized spacial score (nSPS) is 10.3. The largest absolute Gasteiger partial charge is 0.497 e. The lowest BCUT2D eigenvalue weighted by Crippen LogP contribution is -2.29. The van der Waals surface area contributed by atoms with Crippen LogP contribution >= 0.6 is 0 Å². The van der Waals surface area contributed by atoms with Gasteiger partial charge in [0.05, 0.1) is 19.9 Å². The number of aromatic nitrogens is 2. The molecule has 0 fully saturated rings. The van der Waals surface area contributed by atoms with Gasteiger partial charge in [-0.05, 0) is 30.3 Å². The zero-order valence-electron chi connectivity index (χ0n) is 15.0. The standard InChI is InChI=1S/C20H19N3O4/c1-26-16-7-3-5-14(11-16)18-9-10-20(25)23(22-18)13-19(24)21-15-6-4-8-17(12-15)27-2/h3-12H,13H2,1-2H3,(H,21,24). The summed E-state index contributed by atoms with van der Waals surface area (Å²) in [5, 5.41) is 7.03. The van der Waals surface area contributed by atoms with Crippen LogP contribution < -0.4 is 20.3 Å². The Morgan fingerprint density at radius 3 is 2.44 bits per heavy atom. The number of methoxy groups -OCH3 is 2. The molecule has 7 heteroatoms. The lowest BCUT2D eigenvalue weighted by Gasteiger charge is -2.09. The molecule has 27 heavy (non-hydrogen) atoms. The smallest absolute Gasteiger partial charge is 0.267 e. The Balaban J connectivity index is 1.79. The van der Waals surface area contributed by atoms with Crippen LogP contribution in [0.25, 0.3) is 11.3 Å². The van der Waals surface area contributed by atoms with E-state index in [9.17, 15) is 9.59 Å². The Morgan fingerprint density at radius 1 is 1.00 bits per heavy atom. The highest BCUT2D eigenvalue weighted by Gasteiger charge is 2.09. The number of nitrogens with zero attached hydrogens (tertiary/aromatic N) is 2. The summed E-state index contributed by atoms with van der Waals surface area (Å²) in [5.41, 5.74) is 1.58. The fourth-order valence-electron chi connectivity index (χ4n) is 2.54. The molecule has 0 atom stereocenters. The van der Waals surface area contributed by atoms with Gasteiger partial charge in [0, 0.05) is 23.4 Å². The van der Waals surface area contributed by atoms with Crippen molar-refractivity contribution in [2.24, 2.45) is 0 Å². The molecule has 1 heterocycles. The van der Waals surface area contributed by atoms with E-state index in [1.54, 1.807) is 44.6 Å². The van der Waals surface area contributed by atoms with E-state index in [4.69, 9.17) is 9.47 Å². The van der Waals surface area contributed by atoms with Gasteiger partial charge in [0.2, 0.25) is 5.91 Å². The molecule has 3 aromatic rings. The van der Waals surface area contributed by atoms with Gasteiger partial charge in [-0.25, -0.2) is 4.68 Å². The molecular formula is C20H19N3O4. The molecule has 3 rings (SSSR count). The van der Waals surface area contributed by atoms with E-state index in [1.807, 2.05) is 24.3 Å². The topological polar surface area (TPSA) is 82.4 Å². The summed E-state index contributed by atoms with van der Waals surface area (Å²) in [7, 11) is 3.13. The van der Waals surface area contributed by atoms with Crippen LogP contribution in [0.5, 0.6) is 11.5 Å². The number of hydrogen-bond donors (Lipinski definition) is 1. The molecule has 0 unspecified atom stereocenters. The van der Waals surface area contributed by atoms with E-state index >= 15 is 0 Å². The SMILES string of the molecule is COc1cccc(NC(=O)Cn2nc(-c3cccc(OC)c3)ccc2=O)c1. The van der Waals surface area contributed by atoms with Crippen molar-refractivity contribution in [1.82, 2.24) is 9.78 Å². The zero-order chi connectivity index (χ0) is 19.2. The Bertz CT molecular complexity index is 1010. The maximum Gasteiger partial charge on any atom is 0.267 e. The van der Waals surface area contributed by atoms with Crippen molar-refractivity contribution >= 4 is 11.6 Å². The van der Waals surface area contributed by atoms with Crippen LogP contribution in [0.1, 0.15) is 0 Å². The summed E-state index contributed by atoms with van der Waals surface area (Å²) in [6, 6.07) is 17.3. The maximum atomic E-state index is 12.3. The number of benzene rings is 2. The Labute approximate surface area is 156 Å². The number of ether oxygens (including phenoxy) is 2. The zero-order valence-corrected chi connectivity index (χ0v) is 15.0. The quantitative estimate of drug-likeness (QED) is 0.726. The molecule has 0 saturated heterocycles. The molecule has 0 aliphatic rings. The monoisotopic (exact) mass is 365 g/mol. The first-order chi connectivity index (χ1) is 13.1. The van der Waals surface area contributed by atoms with Crippen molar-refractivity contribution < 1.29 is 14.3 Å². The third kappa shape index (κ3) is 4.52. The average molecular weight is 365 g/mol. The highest BCUT2D eigenvalue weighted by Crippen LogP contribution is 2.21.